The van der Waals surface area contributed by atoms with Crippen LogP contribution < -0.4 is 5.32 Å². The first-order valence-electron chi connectivity index (χ1n) is 10.3. The molecule has 0 bridgehead atoms. The van der Waals surface area contributed by atoms with Crippen molar-refractivity contribution in [2.45, 2.75) is 45.4 Å². The molecule has 0 saturated carbocycles. The summed E-state index contributed by atoms with van der Waals surface area (Å²) in [6, 6.07) is 10.4. The Morgan fingerprint density at radius 1 is 1.21 bits per heavy atom. The zero-order chi connectivity index (χ0) is 19.2. The molecule has 7 heteroatoms. The molecule has 0 radical (unpaired) electrons. The van der Waals surface area contributed by atoms with Crippen LogP contribution >= 0.6 is 0 Å². The first-order valence-corrected chi connectivity index (χ1v) is 10.3. The second-order valence-electron chi connectivity index (χ2n) is 7.64. The van der Waals surface area contributed by atoms with Gasteiger partial charge in [-0.15, -0.1) is 10.2 Å². The highest BCUT2D eigenvalue weighted by Gasteiger charge is 2.25. The molecule has 1 aromatic heterocycles. The molecule has 2 aliphatic heterocycles. The second-order valence-corrected chi connectivity index (χ2v) is 7.64. The SMILES string of the molecule is CN=C(NCc1nnc2n1CCCC2)N1CCC(COCc2ccccc2)C1. The van der Waals surface area contributed by atoms with Gasteiger partial charge in [0.1, 0.15) is 5.82 Å². The van der Waals surface area contributed by atoms with Crippen molar-refractivity contribution in [1.29, 1.82) is 0 Å². The van der Waals surface area contributed by atoms with E-state index in [2.05, 4.69) is 54.2 Å². The summed E-state index contributed by atoms with van der Waals surface area (Å²) in [5.41, 5.74) is 1.23. The summed E-state index contributed by atoms with van der Waals surface area (Å²) in [5.74, 6) is 3.62. The molecular weight excluding hydrogens is 352 g/mol. The van der Waals surface area contributed by atoms with Gasteiger partial charge in [0.05, 0.1) is 19.8 Å². The van der Waals surface area contributed by atoms with Crippen molar-refractivity contribution in [3.05, 3.63) is 47.5 Å². The first-order chi connectivity index (χ1) is 13.8. The molecule has 0 spiro atoms. The van der Waals surface area contributed by atoms with Crippen molar-refractivity contribution < 1.29 is 4.74 Å². The predicted molar refractivity (Wildman–Crippen MR) is 109 cm³/mol. The van der Waals surface area contributed by atoms with Crippen molar-refractivity contribution in [3.8, 4) is 0 Å². The van der Waals surface area contributed by atoms with Gasteiger partial charge in [-0.1, -0.05) is 30.3 Å². The molecule has 1 unspecified atom stereocenters. The third-order valence-corrected chi connectivity index (χ3v) is 5.60. The predicted octanol–water partition coefficient (Wildman–Crippen LogP) is 2.23. The van der Waals surface area contributed by atoms with Gasteiger partial charge in [0.15, 0.2) is 11.8 Å². The lowest BCUT2D eigenvalue weighted by atomic mass is 10.1. The number of aromatic nitrogens is 3. The molecule has 0 amide bonds. The third-order valence-electron chi connectivity index (χ3n) is 5.60. The highest BCUT2D eigenvalue weighted by atomic mass is 16.5. The normalized spacial score (nSPS) is 19.7. The fourth-order valence-corrected chi connectivity index (χ4v) is 4.07. The first kappa shape index (κ1) is 18.9. The Hall–Kier alpha value is -2.41. The molecule has 1 N–H and O–H groups in total. The zero-order valence-corrected chi connectivity index (χ0v) is 16.7. The van der Waals surface area contributed by atoms with Gasteiger partial charge in [0.25, 0.3) is 0 Å². The van der Waals surface area contributed by atoms with Gasteiger partial charge < -0.3 is 19.5 Å². The molecule has 1 aromatic carbocycles. The molecule has 7 nitrogen and oxygen atoms in total. The maximum atomic E-state index is 5.94. The van der Waals surface area contributed by atoms with Gasteiger partial charge in [-0.3, -0.25) is 4.99 Å². The number of benzene rings is 1. The molecule has 1 saturated heterocycles. The van der Waals surface area contributed by atoms with Crippen molar-refractivity contribution in [2.75, 3.05) is 26.7 Å². The maximum Gasteiger partial charge on any atom is 0.194 e. The van der Waals surface area contributed by atoms with Gasteiger partial charge in [-0.05, 0) is 24.8 Å². The van der Waals surface area contributed by atoms with Crippen molar-refractivity contribution >= 4 is 5.96 Å². The van der Waals surface area contributed by atoms with Crippen LogP contribution in [0.4, 0.5) is 0 Å². The van der Waals surface area contributed by atoms with E-state index < -0.39 is 0 Å². The monoisotopic (exact) mass is 382 g/mol. The van der Waals surface area contributed by atoms with Crippen LogP contribution in [0.3, 0.4) is 0 Å². The molecule has 28 heavy (non-hydrogen) atoms. The third kappa shape index (κ3) is 4.52. The lowest BCUT2D eigenvalue weighted by Crippen LogP contribution is -2.40. The molecule has 2 aromatic rings. The number of aryl methyl sites for hydroxylation is 1. The summed E-state index contributed by atoms with van der Waals surface area (Å²) in [6.45, 7) is 5.17. The van der Waals surface area contributed by atoms with E-state index in [-0.39, 0.29) is 0 Å². The van der Waals surface area contributed by atoms with Gasteiger partial charge in [0.2, 0.25) is 0 Å². The molecular formula is C21H30N6O. The van der Waals surface area contributed by atoms with E-state index in [1.54, 1.807) is 0 Å². The largest absolute Gasteiger partial charge is 0.376 e. The number of hydrogen-bond donors (Lipinski definition) is 1. The van der Waals surface area contributed by atoms with E-state index in [4.69, 9.17) is 4.74 Å². The number of nitrogens with zero attached hydrogens (tertiary/aromatic N) is 5. The van der Waals surface area contributed by atoms with E-state index in [0.717, 1.165) is 56.7 Å². The molecule has 1 atom stereocenters. The van der Waals surface area contributed by atoms with E-state index >= 15 is 0 Å². The second kappa shape index (κ2) is 9.19. The minimum absolute atomic E-state index is 0.545. The maximum absolute atomic E-state index is 5.94. The Labute approximate surface area is 166 Å². The Bertz CT molecular complexity index is 787. The van der Waals surface area contributed by atoms with Gasteiger partial charge in [-0.25, -0.2) is 0 Å². The van der Waals surface area contributed by atoms with E-state index in [1.807, 2.05) is 13.1 Å². The van der Waals surface area contributed by atoms with Crippen LogP contribution in [-0.4, -0.2) is 52.4 Å². The summed E-state index contributed by atoms with van der Waals surface area (Å²) in [7, 11) is 1.85. The number of nitrogens with one attached hydrogen (secondary N) is 1. The number of likely N-dealkylation sites (tertiary alicyclic amines) is 1. The van der Waals surface area contributed by atoms with Gasteiger partial charge >= 0.3 is 0 Å². The highest BCUT2D eigenvalue weighted by Crippen LogP contribution is 2.18. The lowest BCUT2D eigenvalue weighted by Gasteiger charge is -2.22. The summed E-state index contributed by atoms with van der Waals surface area (Å²) in [5, 5.41) is 12.2. The highest BCUT2D eigenvalue weighted by molar-refractivity contribution is 5.80. The van der Waals surface area contributed by atoms with Gasteiger partial charge in [0, 0.05) is 39.0 Å². The number of ether oxygens (including phenoxy) is 1. The number of fused-ring (bicyclic) bond motifs is 1. The lowest BCUT2D eigenvalue weighted by molar-refractivity contribution is 0.0906. The fourth-order valence-electron chi connectivity index (χ4n) is 4.07. The van der Waals surface area contributed by atoms with E-state index in [0.29, 0.717) is 19.1 Å². The topological polar surface area (TPSA) is 67.6 Å². The molecule has 150 valence electrons. The van der Waals surface area contributed by atoms with Crippen LogP contribution in [0.5, 0.6) is 0 Å². The van der Waals surface area contributed by atoms with Crippen LogP contribution in [0.25, 0.3) is 0 Å². The van der Waals surface area contributed by atoms with Crippen LogP contribution in [0.2, 0.25) is 0 Å². The van der Waals surface area contributed by atoms with Crippen LogP contribution in [-0.2, 0) is 30.9 Å². The van der Waals surface area contributed by atoms with E-state index in [1.165, 1.54) is 18.4 Å². The minimum atomic E-state index is 0.545. The molecule has 3 heterocycles. The average molecular weight is 383 g/mol. The zero-order valence-electron chi connectivity index (χ0n) is 16.7. The van der Waals surface area contributed by atoms with Gasteiger partial charge in [-0.2, -0.15) is 0 Å². The molecule has 2 aliphatic rings. The molecule has 4 rings (SSSR count). The summed E-state index contributed by atoms with van der Waals surface area (Å²) in [4.78, 5) is 6.80. The molecule has 1 fully saturated rings. The average Bonchev–Trinajstić information content (AvgIpc) is 3.37. The quantitative estimate of drug-likeness (QED) is 0.613. The Morgan fingerprint density at radius 2 is 2.11 bits per heavy atom. The summed E-state index contributed by atoms with van der Waals surface area (Å²) >= 11 is 0. The fraction of sp³-hybridized carbons (Fsp3) is 0.571. The minimum Gasteiger partial charge on any atom is -0.376 e. The number of rotatable bonds is 6. The van der Waals surface area contributed by atoms with Crippen molar-refractivity contribution in [3.63, 3.8) is 0 Å². The number of guanidine groups is 1. The summed E-state index contributed by atoms with van der Waals surface area (Å²) in [6.07, 6.45) is 4.60. The Morgan fingerprint density at radius 3 is 2.96 bits per heavy atom. The molecule has 0 aliphatic carbocycles. The standard InChI is InChI=1S/C21H30N6O/c1-22-21(23-13-20-25-24-19-9-5-6-11-27(19)20)26-12-10-18(14-26)16-28-15-17-7-3-2-4-8-17/h2-4,7-8,18H,5-6,9-16H2,1H3,(H,22,23). The van der Waals surface area contributed by atoms with Crippen LogP contribution in [0.15, 0.2) is 35.3 Å². The van der Waals surface area contributed by atoms with Crippen LogP contribution in [0, 0.1) is 5.92 Å². The summed E-state index contributed by atoms with van der Waals surface area (Å²) < 4.78 is 8.20. The Kier molecular flexibility index (Phi) is 6.21. The smallest absolute Gasteiger partial charge is 0.194 e. The number of hydrogen-bond acceptors (Lipinski definition) is 4. The Balaban J connectivity index is 1.24. The van der Waals surface area contributed by atoms with Crippen molar-refractivity contribution in [1.82, 2.24) is 25.0 Å². The van der Waals surface area contributed by atoms with Crippen molar-refractivity contribution in [2.24, 2.45) is 10.9 Å². The number of aliphatic imine (C=N–C) groups is 1. The van der Waals surface area contributed by atoms with E-state index in [9.17, 15) is 0 Å². The van der Waals surface area contributed by atoms with Crippen LogP contribution in [0.1, 0.15) is 36.5 Å².